The molecule has 0 aliphatic rings. The van der Waals surface area contributed by atoms with E-state index in [-0.39, 0.29) is 94.7 Å². The Balaban J connectivity index is 1.59. The van der Waals surface area contributed by atoms with Crippen LogP contribution in [0.3, 0.4) is 0 Å². The molecule has 556 valence electrons. The molecule has 13 N–H and O–H groups in total. The lowest BCUT2D eigenvalue weighted by Crippen LogP contribution is -2.38. The summed E-state index contributed by atoms with van der Waals surface area (Å²) >= 11 is 0. The predicted octanol–water partition coefficient (Wildman–Crippen LogP) is 8.04. The van der Waals surface area contributed by atoms with Crippen molar-refractivity contribution in [2.75, 3.05) is 96.5 Å². The molecule has 0 aliphatic carbocycles. The van der Waals surface area contributed by atoms with Gasteiger partial charge in [0.1, 0.15) is 38.6 Å². The van der Waals surface area contributed by atoms with E-state index in [1.165, 1.54) is 19.2 Å². The maximum atomic E-state index is 12.7. The van der Waals surface area contributed by atoms with Crippen molar-refractivity contribution in [1.82, 2.24) is 67.8 Å². The summed E-state index contributed by atoms with van der Waals surface area (Å²) in [6.45, 7) is 32.1. The van der Waals surface area contributed by atoms with Gasteiger partial charge in [-0.25, -0.2) is 53.1 Å². The number of aromatic nitrogens is 4. The fourth-order valence-corrected chi connectivity index (χ4v) is 10.9. The first-order valence-corrected chi connectivity index (χ1v) is 33.4. The third-order valence-electron chi connectivity index (χ3n) is 15.3. The molecule has 6 unspecified atom stereocenters. The van der Waals surface area contributed by atoms with Gasteiger partial charge in [-0.2, -0.15) is 0 Å². The summed E-state index contributed by atoms with van der Waals surface area (Å²) in [5, 5.41) is 29.3. The maximum absolute atomic E-state index is 12.7. The number of aryl methyl sites for hydroxylation is 2. The van der Waals surface area contributed by atoms with Gasteiger partial charge in [0, 0.05) is 82.9 Å². The lowest BCUT2D eigenvalue weighted by atomic mass is 9.80. The summed E-state index contributed by atoms with van der Waals surface area (Å²) in [6.07, 6.45) is -2.48. The molecule has 0 aromatic carbocycles. The number of amides is 11. The number of nitrogens with zero attached hydrogens (tertiary/aromatic N) is 2. The van der Waals surface area contributed by atoms with E-state index in [0.717, 1.165) is 12.8 Å². The highest BCUT2D eigenvalue weighted by atomic mass is 16.6. The quantitative estimate of drug-likeness (QED) is 0.0280. The van der Waals surface area contributed by atoms with Crippen molar-refractivity contribution in [1.29, 1.82) is 0 Å². The van der Waals surface area contributed by atoms with Crippen LogP contribution >= 0.6 is 0 Å². The van der Waals surface area contributed by atoms with Crippen LogP contribution in [0.25, 0.3) is 0 Å². The first-order valence-electron chi connectivity index (χ1n) is 33.4. The maximum Gasteiger partial charge on any atom is 0.407 e. The van der Waals surface area contributed by atoms with Crippen LogP contribution in [0, 0.1) is 59.2 Å². The molecular formula is C65H113N15O18. The normalized spacial score (nSPS) is 13.7. The van der Waals surface area contributed by atoms with Gasteiger partial charge in [0.05, 0.1) is 0 Å². The van der Waals surface area contributed by atoms with Crippen molar-refractivity contribution in [2.45, 2.75) is 180 Å². The van der Waals surface area contributed by atoms with Crippen LogP contribution in [0.2, 0.25) is 0 Å². The molecular weight excluding hydrogens is 1280 g/mol. The van der Waals surface area contributed by atoms with Gasteiger partial charge in [0.15, 0.2) is 6.10 Å². The van der Waals surface area contributed by atoms with Crippen LogP contribution in [0.4, 0.5) is 55.0 Å². The Labute approximate surface area is 575 Å². The molecule has 0 fully saturated rings. The highest BCUT2D eigenvalue weighted by Crippen LogP contribution is 2.32. The summed E-state index contributed by atoms with van der Waals surface area (Å²) in [4.78, 5) is 149. The molecule has 11 amide bonds. The zero-order valence-electron chi connectivity index (χ0n) is 60.6. The van der Waals surface area contributed by atoms with Crippen LogP contribution in [0.1, 0.15) is 160 Å². The fourth-order valence-electron chi connectivity index (χ4n) is 10.9. The molecule has 33 heteroatoms. The largest absolute Gasteiger partial charge is 0.446 e. The number of carbonyl (C=O) groups excluding carboxylic acids is 9. The number of H-pyrrole nitrogens is 2. The number of aromatic amines is 2. The van der Waals surface area contributed by atoms with Gasteiger partial charge in [0.2, 0.25) is 11.9 Å². The lowest BCUT2D eigenvalue weighted by molar-refractivity contribution is 0.00779. The number of nitrogens with one attached hydrogen (secondary N) is 13. The lowest BCUT2D eigenvalue weighted by Gasteiger charge is -2.28. The molecule has 0 spiro atoms. The highest BCUT2D eigenvalue weighted by Gasteiger charge is 2.28. The smallest absolute Gasteiger partial charge is 0.407 e. The van der Waals surface area contributed by atoms with E-state index in [4.69, 9.17) is 33.2 Å². The molecule has 2 aromatic heterocycles. The molecule has 0 radical (unpaired) electrons. The third-order valence-corrected chi connectivity index (χ3v) is 15.3. The van der Waals surface area contributed by atoms with Crippen molar-refractivity contribution in [3.05, 3.63) is 44.2 Å². The summed E-state index contributed by atoms with van der Waals surface area (Å²) in [5.41, 5.74) is -0.733. The first-order chi connectivity index (χ1) is 45.7. The van der Waals surface area contributed by atoms with Crippen LogP contribution in [0.15, 0.2) is 21.7 Å². The van der Waals surface area contributed by atoms with Gasteiger partial charge < -0.3 is 81.0 Å². The molecule has 2 aromatic rings. The van der Waals surface area contributed by atoms with E-state index >= 15 is 0 Å². The number of alkyl carbamates (subject to hydrolysis) is 7. The van der Waals surface area contributed by atoms with Crippen LogP contribution < -0.4 is 69.6 Å². The monoisotopic (exact) mass is 1390 g/mol. The van der Waals surface area contributed by atoms with E-state index in [9.17, 15) is 52.7 Å². The van der Waals surface area contributed by atoms with Gasteiger partial charge >= 0.3 is 54.7 Å². The number of hydrogen-bond acceptors (Lipinski definition) is 20. The van der Waals surface area contributed by atoms with Gasteiger partial charge in [-0.3, -0.25) is 30.2 Å². The van der Waals surface area contributed by atoms with Crippen molar-refractivity contribution in [2.24, 2.45) is 45.3 Å². The van der Waals surface area contributed by atoms with Crippen LogP contribution in [-0.2, 0) is 33.2 Å². The van der Waals surface area contributed by atoms with E-state index in [1.54, 1.807) is 27.7 Å². The number of rotatable bonds is 41. The average Bonchev–Trinajstić information content (AvgIpc) is 1.17. The Morgan fingerprint density at radius 3 is 0.980 bits per heavy atom. The van der Waals surface area contributed by atoms with Gasteiger partial charge in [0.25, 0.3) is 11.1 Å². The van der Waals surface area contributed by atoms with Gasteiger partial charge in [-0.15, -0.1) is 0 Å². The van der Waals surface area contributed by atoms with E-state index < -0.39 is 86.2 Å². The SMILES string of the molecule is CNC(=O)OC(COC(=O)NCCC(C)(C)CC(C)CNC(=O)OC(C)COC(=O)NCCC(C)(C)CC(C)CNC(=O)Nc1nc(C)cc(=O)[nH]1)COC(=O)NCCC(C)(C)CC(C)CNC(=O)OC(C)COC(=O)NCCC(C)(C)CC(C)CNC(=O)Nc1nc(C)cc(=O)[nH]1. The van der Waals surface area contributed by atoms with Crippen molar-refractivity contribution >= 4 is 66.6 Å². The van der Waals surface area contributed by atoms with Crippen molar-refractivity contribution in [3.63, 3.8) is 0 Å². The molecule has 0 bridgehead atoms. The second-order valence-electron chi connectivity index (χ2n) is 28.6. The molecule has 2 rings (SSSR count). The topological polar surface area (TPSA) is 442 Å². The van der Waals surface area contributed by atoms with Crippen LogP contribution in [0.5, 0.6) is 0 Å². The zero-order valence-corrected chi connectivity index (χ0v) is 60.6. The Kier molecular flexibility index (Phi) is 37.2. The standard InChI is InChI=1S/C65H113N15O18/c1-40(32-71-53(83)79-51-75-44(5)26-49(81)77-51)28-62(9,10)18-22-67-56(86)92-36-46(7)96-60(90)73-34-42(3)30-64(13,14)20-24-69-58(88)94-38-48(98-55(85)66-17)39-95-59(89)70-25-21-65(15,16)31-43(4)35-74-61(91)97-47(8)37-93-57(87)68-23-19-63(11,12)29-41(2)33-72-54(84)80-52-76-45(6)27-50(82)78-52/h26-27,40-43,46-48H,18-25,28-39H2,1-17H3,(H,66,85)(H,67,86)(H,68,87)(H,69,88)(H,70,89)(H,73,90)(H,74,91)(H3,71,75,77,79,81,83)(H3,72,76,78,80,82,84). The second kappa shape index (κ2) is 42.8. The van der Waals surface area contributed by atoms with E-state index in [2.05, 4.69) is 106 Å². The molecule has 0 saturated heterocycles. The summed E-state index contributed by atoms with van der Waals surface area (Å²) in [5.74, 6) is 0.329. The summed E-state index contributed by atoms with van der Waals surface area (Å²) in [7, 11) is 1.35. The number of anilines is 2. The number of carbonyl (C=O) groups is 9. The molecule has 33 nitrogen and oxygen atoms in total. The fraction of sp³-hybridized carbons (Fsp3) is 0.738. The summed E-state index contributed by atoms with van der Waals surface area (Å²) < 4.78 is 37.2. The minimum absolute atomic E-state index is 0.0102. The Morgan fingerprint density at radius 1 is 0.408 bits per heavy atom. The summed E-state index contributed by atoms with van der Waals surface area (Å²) in [6, 6.07) is 1.66. The minimum atomic E-state index is -1.13. The first kappa shape index (κ1) is 85.3. The molecule has 6 atom stereocenters. The van der Waals surface area contributed by atoms with E-state index in [1.807, 2.05) is 55.4 Å². The average molecular weight is 1390 g/mol. The van der Waals surface area contributed by atoms with Crippen molar-refractivity contribution in [3.8, 4) is 0 Å². The van der Waals surface area contributed by atoms with E-state index in [0.29, 0.717) is 89.2 Å². The van der Waals surface area contributed by atoms with Crippen LogP contribution in [-0.4, -0.2) is 179 Å². The highest BCUT2D eigenvalue weighted by molar-refractivity contribution is 5.87. The Morgan fingerprint density at radius 2 is 0.694 bits per heavy atom. The number of ether oxygens (including phenoxy) is 7. The molecule has 98 heavy (non-hydrogen) atoms. The molecule has 0 saturated carbocycles. The molecule has 0 aliphatic heterocycles. The number of hydrogen-bond donors (Lipinski definition) is 13. The third kappa shape index (κ3) is 41.3. The predicted molar refractivity (Wildman–Crippen MR) is 367 cm³/mol. The van der Waals surface area contributed by atoms with Gasteiger partial charge in [-0.05, 0) is 124 Å². The second-order valence-corrected chi connectivity index (χ2v) is 28.6. The molecule has 2 heterocycles. The zero-order chi connectivity index (χ0) is 73.8. The minimum Gasteiger partial charge on any atom is -0.446 e. The number of urea groups is 2. The van der Waals surface area contributed by atoms with Gasteiger partial charge in [-0.1, -0.05) is 83.1 Å². The Hall–Kier alpha value is -8.81. The van der Waals surface area contributed by atoms with Crippen molar-refractivity contribution < 1.29 is 76.3 Å². The Bertz CT molecular complexity index is 2790.